The Kier molecular flexibility index (Phi) is 2.56. The summed E-state index contributed by atoms with van der Waals surface area (Å²) in [7, 11) is 0. The van der Waals surface area contributed by atoms with Crippen molar-refractivity contribution in [2.24, 2.45) is 0 Å². The highest BCUT2D eigenvalue weighted by atomic mass is 79.9. The number of nitrogens with zero attached hydrogens (tertiary/aromatic N) is 3. The zero-order valence-corrected chi connectivity index (χ0v) is 11.3. The van der Waals surface area contributed by atoms with Crippen molar-refractivity contribution in [3.05, 3.63) is 46.6 Å². The Hall–Kier alpha value is -1.88. The fourth-order valence-electron chi connectivity index (χ4n) is 1.96. The van der Waals surface area contributed by atoms with Crippen molar-refractivity contribution in [3.63, 3.8) is 0 Å². The lowest BCUT2D eigenvalue weighted by atomic mass is 10.1. The summed E-state index contributed by atoms with van der Waals surface area (Å²) < 4.78 is 2.45. The molecular formula is C13H11BrN4. The van der Waals surface area contributed by atoms with Crippen LogP contribution in [0.15, 0.2) is 41.0 Å². The van der Waals surface area contributed by atoms with Gasteiger partial charge in [-0.15, -0.1) is 0 Å². The van der Waals surface area contributed by atoms with Gasteiger partial charge < -0.3 is 5.73 Å². The van der Waals surface area contributed by atoms with E-state index in [0.717, 1.165) is 21.4 Å². The number of benzene rings is 1. The molecule has 0 unspecified atom stereocenters. The van der Waals surface area contributed by atoms with Gasteiger partial charge in [-0.3, -0.25) is 0 Å². The molecule has 0 fully saturated rings. The molecule has 0 saturated heterocycles. The second-order valence-corrected chi connectivity index (χ2v) is 4.96. The molecule has 0 spiro atoms. The highest BCUT2D eigenvalue weighted by Gasteiger charge is 2.10. The number of nitrogen functional groups attached to an aromatic ring is 1. The summed E-state index contributed by atoms with van der Waals surface area (Å²) in [5.74, 6) is 0.573. The van der Waals surface area contributed by atoms with E-state index in [9.17, 15) is 0 Å². The van der Waals surface area contributed by atoms with Crippen LogP contribution in [0.3, 0.4) is 0 Å². The molecule has 2 aromatic heterocycles. The molecule has 18 heavy (non-hydrogen) atoms. The first-order valence-corrected chi connectivity index (χ1v) is 6.32. The SMILES string of the molecule is Cc1ccccc1-c1cc(N)n2ncc(Br)c2n1. The summed E-state index contributed by atoms with van der Waals surface area (Å²) >= 11 is 3.42. The number of rotatable bonds is 1. The van der Waals surface area contributed by atoms with E-state index in [2.05, 4.69) is 39.0 Å². The highest BCUT2D eigenvalue weighted by molar-refractivity contribution is 9.10. The minimum atomic E-state index is 0.573. The normalized spacial score (nSPS) is 11.0. The predicted molar refractivity (Wildman–Crippen MR) is 75.3 cm³/mol. The molecule has 1 aromatic carbocycles. The van der Waals surface area contributed by atoms with Crippen molar-refractivity contribution in [1.82, 2.24) is 14.6 Å². The Labute approximate surface area is 113 Å². The molecule has 90 valence electrons. The van der Waals surface area contributed by atoms with Gasteiger partial charge in [-0.1, -0.05) is 24.3 Å². The minimum Gasteiger partial charge on any atom is -0.384 e. The third kappa shape index (κ3) is 1.67. The van der Waals surface area contributed by atoms with E-state index in [0.29, 0.717) is 5.82 Å². The van der Waals surface area contributed by atoms with Gasteiger partial charge in [0.25, 0.3) is 0 Å². The van der Waals surface area contributed by atoms with Crippen molar-refractivity contribution >= 4 is 27.4 Å². The van der Waals surface area contributed by atoms with E-state index in [1.807, 2.05) is 24.3 Å². The number of fused-ring (bicyclic) bond motifs is 1. The molecule has 0 bridgehead atoms. The zero-order valence-electron chi connectivity index (χ0n) is 9.76. The van der Waals surface area contributed by atoms with Gasteiger partial charge in [0.2, 0.25) is 0 Å². The second-order valence-electron chi connectivity index (χ2n) is 4.11. The van der Waals surface area contributed by atoms with Gasteiger partial charge in [-0.25, -0.2) is 4.98 Å². The van der Waals surface area contributed by atoms with Crippen molar-refractivity contribution < 1.29 is 0 Å². The lowest BCUT2D eigenvalue weighted by Crippen LogP contribution is -2.01. The van der Waals surface area contributed by atoms with Gasteiger partial charge in [0.1, 0.15) is 5.82 Å². The molecule has 3 aromatic rings. The van der Waals surface area contributed by atoms with Crippen LogP contribution in [-0.2, 0) is 0 Å². The van der Waals surface area contributed by atoms with E-state index >= 15 is 0 Å². The van der Waals surface area contributed by atoms with E-state index in [-0.39, 0.29) is 0 Å². The van der Waals surface area contributed by atoms with Crippen molar-refractivity contribution in [2.75, 3.05) is 5.73 Å². The molecule has 0 atom stereocenters. The lowest BCUT2D eigenvalue weighted by Gasteiger charge is -2.07. The fourth-order valence-corrected chi connectivity index (χ4v) is 2.31. The summed E-state index contributed by atoms with van der Waals surface area (Å²) in [5.41, 5.74) is 9.84. The maximum Gasteiger partial charge on any atom is 0.172 e. The van der Waals surface area contributed by atoms with Crippen LogP contribution in [0.5, 0.6) is 0 Å². The molecular weight excluding hydrogens is 292 g/mol. The van der Waals surface area contributed by atoms with Gasteiger partial charge in [0, 0.05) is 11.6 Å². The van der Waals surface area contributed by atoms with Crippen LogP contribution < -0.4 is 5.73 Å². The summed E-state index contributed by atoms with van der Waals surface area (Å²) in [4.78, 5) is 4.60. The topological polar surface area (TPSA) is 56.2 Å². The van der Waals surface area contributed by atoms with Crippen LogP contribution >= 0.6 is 15.9 Å². The Morgan fingerprint density at radius 3 is 2.83 bits per heavy atom. The molecule has 0 saturated carbocycles. The number of halogens is 1. The molecule has 2 heterocycles. The predicted octanol–water partition coefficient (Wildman–Crippen LogP) is 3.05. The molecule has 0 radical (unpaired) electrons. The lowest BCUT2D eigenvalue weighted by molar-refractivity contribution is 0.953. The van der Waals surface area contributed by atoms with Crippen LogP contribution in [0.25, 0.3) is 16.9 Å². The van der Waals surface area contributed by atoms with Crippen LogP contribution in [0, 0.1) is 6.92 Å². The number of nitrogens with two attached hydrogens (primary N) is 1. The molecule has 0 aliphatic rings. The third-order valence-corrected chi connectivity index (χ3v) is 3.44. The van der Waals surface area contributed by atoms with Gasteiger partial charge in [-0.2, -0.15) is 9.61 Å². The Morgan fingerprint density at radius 2 is 2.06 bits per heavy atom. The average molecular weight is 303 g/mol. The van der Waals surface area contributed by atoms with Gasteiger partial charge in [-0.05, 0) is 28.4 Å². The van der Waals surface area contributed by atoms with Crippen molar-refractivity contribution in [3.8, 4) is 11.3 Å². The molecule has 0 aliphatic heterocycles. The van der Waals surface area contributed by atoms with Gasteiger partial charge in [0.05, 0.1) is 16.4 Å². The number of hydrogen-bond acceptors (Lipinski definition) is 3. The fraction of sp³-hybridized carbons (Fsp3) is 0.0769. The third-order valence-electron chi connectivity index (χ3n) is 2.88. The summed E-state index contributed by atoms with van der Waals surface area (Å²) in [5, 5.41) is 4.16. The molecule has 3 rings (SSSR count). The van der Waals surface area contributed by atoms with E-state index in [1.54, 1.807) is 10.7 Å². The Bertz CT molecular complexity index is 733. The average Bonchev–Trinajstić information content (AvgIpc) is 2.72. The summed E-state index contributed by atoms with van der Waals surface area (Å²) in [6, 6.07) is 9.95. The highest BCUT2D eigenvalue weighted by Crippen LogP contribution is 2.26. The first-order chi connectivity index (χ1) is 8.66. The standard InChI is InChI=1S/C13H11BrN4/c1-8-4-2-3-5-9(8)11-6-12(15)18-13(17-11)10(14)7-16-18/h2-7H,15H2,1H3. The van der Waals surface area contributed by atoms with Gasteiger partial charge in [0.15, 0.2) is 5.65 Å². The molecule has 2 N–H and O–H groups in total. The molecule has 5 heteroatoms. The van der Waals surface area contributed by atoms with E-state index in [4.69, 9.17) is 5.73 Å². The Morgan fingerprint density at radius 1 is 1.28 bits per heavy atom. The molecule has 4 nitrogen and oxygen atoms in total. The minimum absolute atomic E-state index is 0.573. The smallest absolute Gasteiger partial charge is 0.172 e. The quantitative estimate of drug-likeness (QED) is 0.751. The monoisotopic (exact) mass is 302 g/mol. The maximum atomic E-state index is 6.00. The number of aromatic nitrogens is 3. The molecule has 0 amide bonds. The summed E-state index contributed by atoms with van der Waals surface area (Å²) in [6.45, 7) is 2.06. The first-order valence-electron chi connectivity index (χ1n) is 5.52. The van der Waals surface area contributed by atoms with Crippen LogP contribution in [-0.4, -0.2) is 14.6 Å². The maximum absolute atomic E-state index is 6.00. The van der Waals surface area contributed by atoms with E-state index < -0.39 is 0 Å². The summed E-state index contributed by atoms with van der Waals surface area (Å²) in [6.07, 6.45) is 1.69. The number of anilines is 1. The largest absolute Gasteiger partial charge is 0.384 e. The van der Waals surface area contributed by atoms with E-state index in [1.165, 1.54) is 5.56 Å². The molecule has 0 aliphatic carbocycles. The number of hydrogen-bond donors (Lipinski definition) is 1. The zero-order chi connectivity index (χ0) is 12.7. The van der Waals surface area contributed by atoms with Gasteiger partial charge >= 0.3 is 0 Å². The first kappa shape index (κ1) is 11.2. The Balaban J connectivity index is 2.31. The second kappa shape index (κ2) is 4.10. The van der Waals surface area contributed by atoms with Crippen molar-refractivity contribution in [1.29, 1.82) is 0 Å². The van der Waals surface area contributed by atoms with Crippen LogP contribution in [0.4, 0.5) is 5.82 Å². The van der Waals surface area contributed by atoms with Crippen LogP contribution in [0.2, 0.25) is 0 Å². The number of aryl methyl sites for hydroxylation is 1. The van der Waals surface area contributed by atoms with Crippen LogP contribution in [0.1, 0.15) is 5.56 Å². The van der Waals surface area contributed by atoms with Crippen molar-refractivity contribution in [2.45, 2.75) is 6.92 Å².